The molecule has 0 aliphatic carbocycles. The van der Waals surface area contributed by atoms with Gasteiger partial charge in [-0.15, -0.1) is 0 Å². The lowest BCUT2D eigenvalue weighted by atomic mass is 10.1. The van der Waals surface area contributed by atoms with E-state index in [1.807, 2.05) is 30.3 Å². The molecule has 0 heterocycles. The van der Waals surface area contributed by atoms with Gasteiger partial charge in [0.2, 0.25) is 5.75 Å². The van der Waals surface area contributed by atoms with Crippen LogP contribution in [0.2, 0.25) is 0 Å². The van der Waals surface area contributed by atoms with E-state index in [1.54, 1.807) is 19.9 Å². The number of phenolic OH excluding ortho intramolecular Hbond substituents is 1. The predicted molar refractivity (Wildman–Crippen MR) is 103 cm³/mol. The lowest BCUT2D eigenvalue weighted by Gasteiger charge is -2.14. The Morgan fingerprint density at radius 3 is 2.64 bits per heavy atom. The Morgan fingerprint density at radius 2 is 2.07 bits per heavy atom. The first-order valence-corrected chi connectivity index (χ1v) is 8.49. The highest BCUT2D eigenvalue weighted by Crippen LogP contribution is 2.37. The van der Waals surface area contributed by atoms with Gasteiger partial charge >= 0.3 is 5.69 Å². The third kappa shape index (κ3) is 4.86. The molecule has 0 saturated carbocycles. The van der Waals surface area contributed by atoms with Gasteiger partial charge in [0.25, 0.3) is 5.91 Å². The van der Waals surface area contributed by atoms with Crippen molar-refractivity contribution in [2.24, 2.45) is 0 Å². The number of benzene rings is 2. The van der Waals surface area contributed by atoms with Crippen molar-refractivity contribution in [3.05, 3.63) is 69.3 Å². The summed E-state index contributed by atoms with van der Waals surface area (Å²) in [6.45, 7) is 3.62. The van der Waals surface area contributed by atoms with E-state index in [-0.39, 0.29) is 29.5 Å². The molecule has 2 N–H and O–H groups in total. The Bertz CT molecular complexity index is 948. The highest BCUT2D eigenvalue weighted by atomic mass is 16.6. The van der Waals surface area contributed by atoms with Crippen molar-refractivity contribution in [1.82, 2.24) is 5.32 Å². The van der Waals surface area contributed by atoms with Gasteiger partial charge in [0.05, 0.1) is 17.6 Å². The first-order valence-electron chi connectivity index (χ1n) is 8.49. The minimum atomic E-state index is -0.765. The number of phenols is 1. The van der Waals surface area contributed by atoms with Gasteiger partial charge in [0, 0.05) is 6.07 Å². The van der Waals surface area contributed by atoms with Crippen LogP contribution in [0.5, 0.6) is 11.5 Å². The van der Waals surface area contributed by atoms with Crippen LogP contribution in [-0.4, -0.2) is 22.5 Å². The molecule has 144 valence electrons. The van der Waals surface area contributed by atoms with Crippen LogP contribution < -0.4 is 10.1 Å². The van der Waals surface area contributed by atoms with E-state index in [9.17, 15) is 25.3 Å². The molecule has 0 bridgehead atoms. The molecule has 0 aromatic heterocycles. The van der Waals surface area contributed by atoms with Crippen LogP contribution in [0.15, 0.2) is 48.0 Å². The lowest BCUT2D eigenvalue weighted by Crippen LogP contribution is -2.27. The lowest BCUT2D eigenvalue weighted by molar-refractivity contribution is -0.386. The summed E-state index contributed by atoms with van der Waals surface area (Å²) in [5.41, 5.74) is 0.247. The van der Waals surface area contributed by atoms with Gasteiger partial charge in [-0.05, 0) is 37.1 Å². The molecular weight excluding hydrogens is 362 g/mol. The second kappa shape index (κ2) is 9.19. The zero-order valence-electron chi connectivity index (χ0n) is 15.4. The monoisotopic (exact) mass is 381 g/mol. The van der Waals surface area contributed by atoms with E-state index in [2.05, 4.69) is 5.32 Å². The summed E-state index contributed by atoms with van der Waals surface area (Å²) in [5.74, 6) is -1.32. The van der Waals surface area contributed by atoms with Crippen molar-refractivity contribution >= 4 is 17.7 Å². The van der Waals surface area contributed by atoms with Gasteiger partial charge in [0.15, 0.2) is 5.75 Å². The van der Waals surface area contributed by atoms with Crippen LogP contribution in [-0.2, 0) is 4.79 Å². The van der Waals surface area contributed by atoms with Gasteiger partial charge < -0.3 is 15.2 Å². The number of nitrogens with zero attached hydrogens (tertiary/aromatic N) is 2. The normalized spacial score (nSPS) is 12.0. The Labute approximate surface area is 161 Å². The van der Waals surface area contributed by atoms with E-state index >= 15 is 0 Å². The van der Waals surface area contributed by atoms with Gasteiger partial charge in [-0.25, -0.2) is 0 Å². The fourth-order valence-corrected chi connectivity index (χ4v) is 2.52. The maximum absolute atomic E-state index is 12.4. The highest BCUT2D eigenvalue weighted by molar-refractivity contribution is 6.02. The zero-order valence-corrected chi connectivity index (χ0v) is 15.4. The van der Waals surface area contributed by atoms with Crippen molar-refractivity contribution in [3.8, 4) is 17.6 Å². The number of nitriles is 1. The SMILES string of the molecule is CCOc1cc(/C=C(/C#N)C(=O)N[C@H](C)c2ccccc2)cc([N+](=O)[O-])c1O. The third-order valence-corrected chi connectivity index (χ3v) is 3.90. The predicted octanol–water partition coefficient (Wildman–Crippen LogP) is 3.48. The van der Waals surface area contributed by atoms with Gasteiger partial charge in [-0.2, -0.15) is 5.26 Å². The average Bonchev–Trinajstić information content (AvgIpc) is 2.68. The summed E-state index contributed by atoms with van der Waals surface area (Å²) in [4.78, 5) is 22.8. The zero-order chi connectivity index (χ0) is 20.7. The van der Waals surface area contributed by atoms with Gasteiger partial charge in [-0.3, -0.25) is 14.9 Å². The summed E-state index contributed by atoms with van der Waals surface area (Å²) in [6.07, 6.45) is 1.21. The smallest absolute Gasteiger partial charge is 0.315 e. The molecule has 2 rings (SSSR count). The molecule has 1 atom stereocenters. The third-order valence-electron chi connectivity index (χ3n) is 3.90. The fourth-order valence-electron chi connectivity index (χ4n) is 2.52. The van der Waals surface area contributed by atoms with Crippen molar-refractivity contribution in [3.63, 3.8) is 0 Å². The molecule has 28 heavy (non-hydrogen) atoms. The first-order chi connectivity index (χ1) is 13.4. The maximum Gasteiger partial charge on any atom is 0.315 e. The van der Waals surface area contributed by atoms with Crippen LogP contribution in [0.4, 0.5) is 5.69 Å². The topological polar surface area (TPSA) is 125 Å². The molecule has 0 aliphatic heterocycles. The molecule has 8 nitrogen and oxygen atoms in total. The van der Waals surface area contributed by atoms with Crippen LogP contribution in [0, 0.1) is 21.4 Å². The number of nitro benzene ring substituents is 1. The number of amides is 1. The molecule has 0 unspecified atom stereocenters. The first kappa shape index (κ1) is 20.5. The molecule has 0 aliphatic rings. The summed E-state index contributed by atoms with van der Waals surface area (Å²) >= 11 is 0. The molecular formula is C20H19N3O5. The van der Waals surface area contributed by atoms with Crippen molar-refractivity contribution in [2.75, 3.05) is 6.61 Å². The number of rotatable bonds is 7. The van der Waals surface area contributed by atoms with Crippen molar-refractivity contribution in [1.29, 1.82) is 5.26 Å². The number of nitrogens with one attached hydrogen (secondary N) is 1. The van der Waals surface area contributed by atoms with Gasteiger partial charge in [0.1, 0.15) is 11.6 Å². The van der Waals surface area contributed by atoms with E-state index in [0.29, 0.717) is 0 Å². The summed E-state index contributed by atoms with van der Waals surface area (Å²) in [6, 6.07) is 13.1. The minimum absolute atomic E-state index is 0.0988. The number of aromatic hydroxyl groups is 1. The number of carbonyl (C=O) groups is 1. The number of ether oxygens (including phenoxy) is 1. The molecule has 2 aromatic rings. The summed E-state index contributed by atoms with van der Waals surface area (Å²) < 4.78 is 5.20. The Balaban J connectivity index is 2.34. The van der Waals surface area contributed by atoms with Crippen LogP contribution >= 0.6 is 0 Å². The quantitative estimate of drug-likeness (QED) is 0.327. The van der Waals surface area contributed by atoms with E-state index in [1.165, 1.54) is 12.1 Å². The van der Waals surface area contributed by atoms with E-state index < -0.39 is 22.3 Å². The molecule has 0 fully saturated rings. The second-order valence-corrected chi connectivity index (χ2v) is 5.85. The summed E-state index contributed by atoms with van der Waals surface area (Å²) in [7, 11) is 0. The largest absolute Gasteiger partial charge is 0.500 e. The van der Waals surface area contributed by atoms with Crippen LogP contribution in [0.1, 0.15) is 31.0 Å². The Hall–Kier alpha value is -3.86. The number of hydrogen-bond donors (Lipinski definition) is 2. The number of hydrogen-bond acceptors (Lipinski definition) is 6. The molecule has 1 amide bonds. The van der Waals surface area contributed by atoms with Crippen LogP contribution in [0.3, 0.4) is 0 Å². The molecule has 2 aromatic carbocycles. The second-order valence-electron chi connectivity index (χ2n) is 5.85. The average molecular weight is 381 g/mol. The maximum atomic E-state index is 12.4. The van der Waals surface area contributed by atoms with Crippen molar-refractivity contribution < 1.29 is 19.6 Å². The van der Waals surface area contributed by atoms with Crippen molar-refractivity contribution in [2.45, 2.75) is 19.9 Å². The highest BCUT2D eigenvalue weighted by Gasteiger charge is 2.21. The molecule has 8 heteroatoms. The molecule has 0 saturated heterocycles. The Kier molecular flexibility index (Phi) is 6.71. The van der Waals surface area contributed by atoms with E-state index in [4.69, 9.17) is 4.74 Å². The van der Waals surface area contributed by atoms with Crippen LogP contribution in [0.25, 0.3) is 6.08 Å². The minimum Gasteiger partial charge on any atom is -0.500 e. The summed E-state index contributed by atoms with van der Waals surface area (Å²) in [5, 5.41) is 33.1. The molecule has 0 radical (unpaired) electrons. The number of nitro groups is 1. The van der Waals surface area contributed by atoms with E-state index in [0.717, 1.165) is 11.6 Å². The number of carbonyl (C=O) groups excluding carboxylic acids is 1. The fraction of sp³-hybridized carbons (Fsp3) is 0.200. The standard InChI is InChI=1S/C20H19N3O5/c1-3-28-18-11-14(10-17(19(18)24)23(26)27)9-16(12-21)20(25)22-13(2)15-7-5-4-6-8-15/h4-11,13,24H,3H2,1-2H3,(H,22,25)/b16-9-/t13-/m1/s1. The van der Waals surface area contributed by atoms with Gasteiger partial charge in [-0.1, -0.05) is 30.3 Å². The molecule has 0 spiro atoms. The Morgan fingerprint density at radius 1 is 1.39 bits per heavy atom.